The van der Waals surface area contributed by atoms with Crippen molar-refractivity contribution in [2.75, 3.05) is 0 Å². The molecule has 0 aliphatic carbocycles. The molecule has 1 unspecified atom stereocenters. The van der Waals surface area contributed by atoms with Gasteiger partial charge in [0.25, 0.3) is 0 Å². The summed E-state index contributed by atoms with van der Waals surface area (Å²) in [5, 5.41) is 0. The van der Waals surface area contributed by atoms with Crippen molar-refractivity contribution in [1.82, 2.24) is 0 Å². The van der Waals surface area contributed by atoms with Crippen molar-refractivity contribution in [2.45, 2.75) is 26.5 Å². The van der Waals surface area contributed by atoms with Crippen molar-refractivity contribution in [2.24, 2.45) is 0 Å². The Hall–Kier alpha value is -0.250. The van der Waals surface area contributed by atoms with Crippen LogP contribution >= 0.6 is 0 Å². The zero-order chi connectivity index (χ0) is 10.0. The van der Waals surface area contributed by atoms with Gasteiger partial charge in [0.15, 0.2) is 0 Å². The molecule has 0 amide bonds. The molecule has 13 heavy (non-hydrogen) atoms. The summed E-state index contributed by atoms with van der Waals surface area (Å²) in [6.45, 7) is 6.21. The predicted molar refractivity (Wildman–Crippen MR) is 61.7 cm³/mol. The molecule has 0 aliphatic rings. The van der Waals surface area contributed by atoms with E-state index in [1.165, 1.54) is 22.3 Å². The molecule has 0 spiro atoms. The highest BCUT2D eigenvalue weighted by molar-refractivity contribution is 8.25. The summed E-state index contributed by atoms with van der Waals surface area (Å²) < 4.78 is 9.17. The van der Waals surface area contributed by atoms with Crippen molar-refractivity contribution >= 4 is 20.9 Å². The van der Waals surface area contributed by atoms with Crippen LogP contribution in [0.5, 0.6) is 0 Å². The summed E-state index contributed by atoms with van der Waals surface area (Å²) in [7, 11) is -0.910. The summed E-state index contributed by atoms with van der Waals surface area (Å²) in [4.78, 5) is 0. The quantitative estimate of drug-likeness (QED) is 0.817. The first kappa shape index (κ1) is 10.8. The van der Waals surface area contributed by atoms with Crippen molar-refractivity contribution in [3.05, 3.63) is 34.4 Å². The Labute approximate surface area is 86.6 Å². The van der Waals surface area contributed by atoms with Crippen LogP contribution in [0, 0.1) is 20.8 Å². The fraction of sp³-hybridized carbons (Fsp3) is 0.400. The fourth-order valence-corrected chi connectivity index (χ4v) is 2.62. The van der Waals surface area contributed by atoms with Gasteiger partial charge in [0.2, 0.25) is 0 Å². The second-order valence-electron chi connectivity index (χ2n) is 3.34. The molecule has 0 saturated carbocycles. The van der Waals surface area contributed by atoms with Crippen LogP contribution in [-0.4, -0.2) is 4.55 Å². The molecule has 1 aromatic carbocycles. The number of aryl methyl sites for hydroxylation is 3. The molecule has 1 aromatic rings. The Balaban J connectivity index is 3.13. The fourth-order valence-electron chi connectivity index (χ4n) is 1.56. The Morgan fingerprint density at radius 1 is 1.23 bits per heavy atom. The Morgan fingerprint density at radius 2 is 1.69 bits per heavy atom. The van der Waals surface area contributed by atoms with Crippen molar-refractivity contribution in [1.29, 1.82) is 0 Å². The monoisotopic (exact) mass is 214 g/mol. The normalized spacial score (nSPS) is 12.9. The minimum Gasteiger partial charge on any atom is -0.327 e. The molecule has 0 fully saturated rings. The topological polar surface area (TPSA) is 20.2 Å². The Bertz CT molecular complexity index is 322. The minimum atomic E-state index is -0.910. The Morgan fingerprint density at radius 3 is 2.08 bits per heavy atom. The molecular formula is C10H14OS2. The van der Waals surface area contributed by atoms with Crippen LogP contribution in [0.15, 0.2) is 12.1 Å². The summed E-state index contributed by atoms with van der Waals surface area (Å²) in [5.41, 5.74) is 4.93. The largest absolute Gasteiger partial charge is 0.327 e. The van der Waals surface area contributed by atoms with E-state index in [0.717, 1.165) is 0 Å². The highest BCUT2D eigenvalue weighted by Gasteiger charge is 2.04. The van der Waals surface area contributed by atoms with Crippen molar-refractivity contribution in [3.63, 3.8) is 0 Å². The van der Waals surface area contributed by atoms with E-state index in [9.17, 15) is 0 Å². The van der Waals surface area contributed by atoms with Crippen LogP contribution in [0.4, 0.5) is 0 Å². The molecule has 0 heterocycles. The van der Waals surface area contributed by atoms with E-state index in [1.807, 2.05) is 0 Å². The van der Waals surface area contributed by atoms with E-state index in [2.05, 4.69) is 32.9 Å². The van der Waals surface area contributed by atoms with Crippen molar-refractivity contribution in [3.8, 4) is 0 Å². The lowest BCUT2D eigenvalue weighted by atomic mass is 10.0. The highest BCUT2D eigenvalue weighted by atomic mass is 32.8. The van der Waals surface area contributed by atoms with Gasteiger partial charge >= 0.3 is 0 Å². The first-order valence-electron chi connectivity index (χ1n) is 4.15. The number of benzene rings is 1. The lowest BCUT2D eigenvalue weighted by molar-refractivity contribution is 0.655. The zero-order valence-electron chi connectivity index (χ0n) is 8.13. The second-order valence-corrected chi connectivity index (χ2v) is 5.43. The molecule has 1 rings (SSSR count). The predicted octanol–water partition coefficient (Wildman–Crippen LogP) is 2.67. The van der Waals surface area contributed by atoms with E-state index < -0.39 is 9.74 Å². The molecular weight excluding hydrogens is 200 g/mol. The third kappa shape index (κ3) is 2.86. The molecule has 0 aliphatic heterocycles. The van der Waals surface area contributed by atoms with Crippen LogP contribution in [0.3, 0.4) is 0 Å². The molecule has 72 valence electrons. The minimum absolute atomic E-state index is 0.604. The van der Waals surface area contributed by atoms with E-state index in [-0.39, 0.29) is 0 Å². The van der Waals surface area contributed by atoms with Crippen LogP contribution in [0.1, 0.15) is 22.3 Å². The molecule has 3 heteroatoms. The van der Waals surface area contributed by atoms with Gasteiger partial charge in [-0.05, 0) is 48.6 Å². The average Bonchev–Trinajstić information content (AvgIpc) is 1.96. The smallest absolute Gasteiger partial charge is 0.0479 e. The van der Waals surface area contributed by atoms with Gasteiger partial charge in [-0.1, -0.05) is 17.7 Å². The van der Waals surface area contributed by atoms with Crippen molar-refractivity contribution < 1.29 is 4.55 Å². The highest BCUT2D eigenvalue weighted by Crippen LogP contribution is 2.17. The lowest BCUT2D eigenvalue weighted by Gasteiger charge is -2.09. The van der Waals surface area contributed by atoms with Crippen LogP contribution in [0.2, 0.25) is 0 Å². The lowest BCUT2D eigenvalue weighted by Crippen LogP contribution is -1.98. The summed E-state index contributed by atoms with van der Waals surface area (Å²) in [6, 6.07) is 4.26. The van der Waals surface area contributed by atoms with E-state index in [0.29, 0.717) is 5.75 Å². The zero-order valence-corrected chi connectivity index (χ0v) is 9.76. The number of hydrogen-bond acceptors (Lipinski definition) is 1. The standard InChI is InChI=1S/C10H14OS2/c1-7-4-8(2)10(6-13(11)12)9(3)5-7/h4-5H,6H2,1-3H3,(H,11,12). The molecule has 1 atom stereocenters. The molecule has 0 radical (unpaired) electrons. The first-order valence-corrected chi connectivity index (χ1v) is 6.42. The Kier molecular flexibility index (Phi) is 3.59. The number of rotatable bonds is 2. The third-order valence-electron chi connectivity index (χ3n) is 2.11. The van der Waals surface area contributed by atoms with Gasteiger partial charge in [0.1, 0.15) is 0 Å². The number of hydrogen-bond donors (Lipinski definition) is 1. The van der Waals surface area contributed by atoms with Gasteiger partial charge in [-0.15, -0.1) is 0 Å². The molecule has 0 bridgehead atoms. The molecule has 1 nitrogen and oxygen atoms in total. The van der Waals surface area contributed by atoms with Gasteiger partial charge in [-0.2, -0.15) is 0 Å². The van der Waals surface area contributed by atoms with E-state index in [4.69, 9.17) is 15.7 Å². The molecule has 0 saturated heterocycles. The van der Waals surface area contributed by atoms with E-state index >= 15 is 0 Å². The maximum atomic E-state index is 9.17. The summed E-state index contributed by atoms with van der Waals surface area (Å²) >= 11 is 4.80. The second kappa shape index (κ2) is 4.31. The molecule has 0 aromatic heterocycles. The van der Waals surface area contributed by atoms with Crippen LogP contribution < -0.4 is 0 Å². The van der Waals surface area contributed by atoms with Gasteiger partial charge < -0.3 is 4.55 Å². The first-order chi connectivity index (χ1) is 6.00. The summed E-state index contributed by atoms with van der Waals surface area (Å²) in [6.07, 6.45) is 0. The van der Waals surface area contributed by atoms with E-state index in [1.54, 1.807) is 0 Å². The van der Waals surface area contributed by atoms with Gasteiger partial charge in [-0.25, -0.2) is 0 Å². The van der Waals surface area contributed by atoms with Gasteiger partial charge in [-0.3, -0.25) is 0 Å². The maximum absolute atomic E-state index is 9.17. The molecule has 1 N–H and O–H groups in total. The third-order valence-corrected chi connectivity index (χ3v) is 3.00. The summed E-state index contributed by atoms with van der Waals surface area (Å²) in [5.74, 6) is 0.604. The maximum Gasteiger partial charge on any atom is 0.0479 e. The van der Waals surface area contributed by atoms with Crippen LogP contribution in [0.25, 0.3) is 0 Å². The van der Waals surface area contributed by atoms with Gasteiger partial charge in [0, 0.05) is 15.5 Å². The van der Waals surface area contributed by atoms with Crippen LogP contribution in [-0.2, 0) is 26.7 Å². The SMILES string of the molecule is Cc1cc(C)c(CS(O)=S)c(C)c1. The van der Waals surface area contributed by atoms with Gasteiger partial charge in [0.05, 0.1) is 0 Å². The average molecular weight is 214 g/mol.